The average Bonchev–Trinajstić information content (AvgIpc) is 4.06. The molecule has 68 heavy (non-hydrogen) atoms. The summed E-state index contributed by atoms with van der Waals surface area (Å²) in [6, 6.07) is 85.4. The predicted molar refractivity (Wildman–Crippen MR) is 287 cm³/mol. The van der Waals surface area contributed by atoms with E-state index in [9.17, 15) is 0 Å². The second-order valence-corrected chi connectivity index (χ2v) is 18.4. The summed E-state index contributed by atoms with van der Waals surface area (Å²) in [6.07, 6.45) is 1.25. The summed E-state index contributed by atoms with van der Waals surface area (Å²) in [5.41, 5.74) is 27.3. The fourth-order valence-electron chi connectivity index (χ4n) is 12.2. The van der Waals surface area contributed by atoms with Crippen LogP contribution < -0.4 is 10.6 Å². The zero-order valence-electron chi connectivity index (χ0n) is 37.6. The van der Waals surface area contributed by atoms with E-state index in [1.54, 1.807) is 0 Å². The Morgan fingerprint density at radius 1 is 0.265 bits per heavy atom. The van der Waals surface area contributed by atoms with Gasteiger partial charge in [0.2, 0.25) is 0 Å². The molecule has 4 aliphatic rings. The van der Waals surface area contributed by atoms with Crippen molar-refractivity contribution in [2.24, 2.45) is 0 Å². The van der Waals surface area contributed by atoms with Gasteiger partial charge in [-0.25, -0.2) is 0 Å². The topological polar surface area (TPSA) is 24.1 Å². The van der Waals surface area contributed by atoms with Crippen LogP contribution in [0.2, 0.25) is 0 Å². The van der Waals surface area contributed by atoms with Crippen molar-refractivity contribution in [3.8, 4) is 55.6 Å². The lowest BCUT2D eigenvalue weighted by molar-refractivity contribution is 0.794. The minimum Gasteiger partial charge on any atom is -0.356 e. The molecule has 326 valence electrons. The molecule has 0 unspecified atom stereocenters. The molecule has 4 aliphatic carbocycles. The highest BCUT2D eigenvalue weighted by atomic mass is 14.9. The molecule has 2 N–H and O–H groups in total. The van der Waals surface area contributed by atoms with Crippen LogP contribution in [0.3, 0.4) is 0 Å². The Morgan fingerprint density at radius 3 is 0.882 bits per heavy atom. The van der Waals surface area contributed by atoms with Gasteiger partial charge in [0.25, 0.3) is 0 Å². The van der Waals surface area contributed by atoms with E-state index < -0.39 is 0 Å². The predicted octanol–water partition coefficient (Wildman–Crippen LogP) is 17.6. The summed E-state index contributed by atoms with van der Waals surface area (Å²) in [7, 11) is 0. The molecule has 2 spiro atoms. The van der Waals surface area contributed by atoms with Gasteiger partial charge in [-0.15, -0.1) is 0 Å². The molecule has 0 fully saturated rings. The second-order valence-electron chi connectivity index (χ2n) is 18.4. The second kappa shape index (κ2) is 16.0. The van der Waals surface area contributed by atoms with Gasteiger partial charge in [0.15, 0.2) is 0 Å². The SMILES string of the molecule is C.CCC.c1ccc2c(c1)-c1ccccc1C21c2ccccc2-c2ccc(Nc3ccc(Nc4ccc(-c5ccc6c(c5)C5(c7ccccc7-c7ccccc75)c5ccccc5-6)cc4)cc3)cc21. The molecule has 2 heteroatoms. The van der Waals surface area contributed by atoms with Gasteiger partial charge in [0, 0.05) is 22.7 Å². The van der Waals surface area contributed by atoms with Crippen LogP contribution in [-0.2, 0) is 10.8 Å². The Labute approximate surface area is 400 Å². The molecule has 0 radical (unpaired) electrons. The molecule has 0 amide bonds. The zero-order valence-corrected chi connectivity index (χ0v) is 37.6. The van der Waals surface area contributed by atoms with Gasteiger partial charge < -0.3 is 10.6 Å². The summed E-state index contributed by atoms with van der Waals surface area (Å²) < 4.78 is 0. The highest BCUT2D eigenvalue weighted by molar-refractivity contribution is 5.97. The molecule has 10 aromatic carbocycles. The fraction of sp³-hybridized carbons (Fsp3) is 0.0909. The molecule has 14 rings (SSSR count). The van der Waals surface area contributed by atoms with Crippen LogP contribution in [0, 0.1) is 0 Å². The van der Waals surface area contributed by atoms with E-state index in [1.807, 2.05) is 0 Å². The maximum absolute atomic E-state index is 3.76. The molecule has 2 nitrogen and oxygen atoms in total. The van der Waals surface area contributed by atoms with Gasteiger partial charge in [-0.05, 0) is 155 Å². The van der Waals surface area contributed by atoms with Gasteiger partial charge in [-0.3, -0.25) is 0 Å². The Kier molecular flexibility index (Phi) is 9.71. The zero-order chi connectivity index (χ0) is 44.7. The molecule has 0 heterocycles. The van der Waals surface area contributed by atoms with E-state index in [-0.39, 0.29) is 18.3 Å². The molecule has 0 aliphatic heterocycles. The molecule has 0 aromatic heterocycles. The molecule has 0 saturated carbocycles. The Hall–Kier alpha value is -8.20. The third-order valence-corrected chi connectivity index (χ3v) is 14.7. The van der Waals surface area contributed by atoms with Crippen molar-refractivity contribution in [3.63, 3.8) is 0 Å². The van der Waals surface area contributed by atoms with Crippen molar-refractivity contribution in [2.45, 2.75) is 38.5 Å². The lowest BCUT2D eigenvalue weighted by atomic mass is 9.70. The quantitative estimate of drug-likeness (QED) is 0.180. The first kappa shape index (κ1) is 41.2. The summed E-state index contributed by atoms with van der Waals surface area (Å²) in [4.78, 5) is 0. The number of rotatable bonds is 5. The third kappa shape index (κ3) is 5.77. The summed E-state index contributed by atoms with van der Waals surface area (Å²) >= 11 is 0. The number of hydrogen-bond acceptors (Lipinski definition) is 2. The first-order valence-corrected chi connectivity index (χ1v) is 23.7. The molecular weight excluding hydrogens is 821 g/mol. The number of hydrogen-bond donors (Lipinski definition) is 2. The number of fused-ring (bicyclic) bond motifs is 20. The van der Waals surface area contributed by atoms with Gasteiger partial charge in [0.05, 0.1) is 10.8 Å². The van der Waals surface area contributed by atoms with Crippen molar-refractivity contribution >= 4 is 22.7 Å². The van der Waals surface area contributed by atoms with Crippen molar-refractivity contribution in [3.05, 3.63) is 275 Å². The Balaban J connectivity index is 0.00000117. The Morgan fingerprint density at radius 2 is 0.515 bits per heavy atom. The van der Waals surface area contributed by atoms with Crippen molar-refractivity contribution < 1.29 is 0 Å². The first-order chi connectivity index (χ1) is 33.1. The molecular formula is C66H52N2. The number of benzene rings is 10. The molecule has 0 bridgehead atoms. The molecule has 0 saturated heterocycles. The van der Waals surface area contributed by atoms with Crippen LogP contribution in [0.5, 0.6) is 0 Å². The van der Waals surface area contributed by atoms with Crippen LogP contribution in [-0.4, -0.2) is 0 Å². The highest BCUT2D eigenvalue weighted by Crippen LogP contribution is 2.64. The Bertz CT molecular complexity index is 3450. The van der Waals surface area contributed by atoms with Gasteiger partial charge in [-0.1, -0.05) is 204 Å². The lowest BCUT2D eigenvalue weighted by Crippen LogP contribution is -2.25. The van der Waals surface area contributed by atoms with E-state index >= 15 is 0 Å². The van der Waals surface area contributed by atoms with Crippen LogP contribution in [0.15, 0.2) is 231 Å². The van der Waals surface area contributed by atoms with E-state index in [0.29, 0.717) is 0 Å². The first-order valence-electron chi connectivity index (χ1n) is 23.7. The van der Waals surface area contributed by atoms with Crippen LogP contribution in [0.4, 0.5) is 22.7 Å². The van der Waals surface area contributed by atoms with Crippen LogP contribution in [0.25, 0.3) is 55.6 Å². The highest BCUT2D eigenvalue weighted by Gasteiger charge is 2.53. The smallest absolute Gasteiger partial charge is 0.0726 e. The number of nitrogens with one attached hydrogen (secondary N) is 2. The summed E-state index contributed by atoms with van der Waals surface area (Å²) in [5, 5.41) is 7.41. The maximum atomic E-state index is 3.76. The maximum Gasteiger partial charge on any atom is 0.0726 e. The van der Waals surface area contributed by atoms with Crippen molar-refractivity contribution in [1.82, 2.24) is 0 Å². The van der Waals surface area contributed by atoms with Gasteiger partial charge >= 0.3 is 0 Å². The van der Waals surface area contributed by atoms with Crippen LogP contribution >= 0.6 is 0 Å². The summed E-state index contributed by atoms with van der Waals surface area (Å²) in [5.74, 6) is 0. The summed E-state index contributed by atoms with van der Waals surface area (Å²) in [6.45, 7) is 4.25. The fourth-order valence-corrected chi connectivity index (χ4v) is 12.2. The largest absolute Gasteiger partial charge is 0.356 e. The standard InChI is InChI=1S/C62H40N2.C3H8.CH4/c1-7-19-53-45(13-1)46-14-2-8-20-54(46)61(53)57-23-11-5-17-49(57)51-35-27-40(37-59(51)61)39-25-28-41(29-26-39)63-42-30-32-43(33-31-42)64-44-34-36-52-50-18-6-12-24-58(50)62(60(52)38-44)55-21-9-3-15-47(55)48-16-4-10-22-56(48)62;1-3-2;/h1-38,63-64H;3H2,1-2H3;1H4. The molecule has 10 aromatic rings. The van der Waals surface area contributed by atoms with Gasteiger partial charge in [0.1, 0.15) is 0 Å². The van der Waals surface area contributed by atoms with Crippen molar-refractivity contribution in [1.29, 1.82) is 0 Å². The molecule has 0 atom stereocenters. The number of anilines is 4. The minimum absolute atomic E-state index is 0. The van der Waals surface area contributed by atoms with E-state index in [4.69, 9.17) is 0 Å². The van der Waals surface area contributed by atoms with E-state index in [0.717, 1.165) is 22.7 Å². The van der Waals surface area contributed by atoms with Gasteiger partial charge in [-0.2, -0.15) is 0 Å². The van der Waals surface area contributed by atoms with E-state index in [2.05, 4.69) is 255 Å². The lowest BCUT2D eigenvalue weighted by Gasteiger charge is -2.30. The minimum atomic E-state index is -0.358. The monoisotopic (exact) mass is 872 g/mol. The van der Waals surface area contributed by atoms with E-state index in [1.165, 1.54) is 107 Å². The van der Waals surface area contributed by atoms with Crippen molar-refractivity contribution in [2.75, 3.05) is 10.6 Å². The average molecular weight is 873 g/mol. The van der Waals surface area contributed by atoms with Crippen LogP contribution in [0.1, 0.15) is 72.2 Å². The normalized spacial score (nSPS) is 13.6. The third-order valence-electron chi connectivity index (χ3n) is 14.7.